The third kappa shape index (κ3) is 7.22. The predicted octanol–water partition coefficient (Wildman–Crippen LogP) is 2.28. The maximum atomic E-state index is 12.2. The minimum atomic E-state index is -1.24. The van der Waals surface area contributed by atoms with Crippen LogP contribution in [0.1, 0.15) is 33.3 Å². The average Bonchev–Trinajstić information content (AvgIpc) is 2.81. The molecule has 204 valence electrons. The second kappa shape index (κ2) is 12.4. The minimum absolute atomic E-state index is 0.326. The van der Waals surface area contributed by atoms with E-state index in [1.165, 1.54) is 27.7 Å². The van der Waals surface area contributed by atoms with Crippen molar-refractivity contribution in [1.29, 1.82) is 0 Å². The summed E-state index contributed by atoms with van der Waals surface area (Å²) in [5.41, 5.74) is 8.96. The summed E-state index contributed by atoms with van der Waals surface area (Å²) in [6.07, 6.45) is -4.75. The molecule has 0 aliphatic carbocycles. The Hall–Kier alpha value is -4.12. The zero-order valence-electron chi connectivity index (χ0n) is 21.9. The molecule has 0 radical (unpaired) electrons. The summed E-state index contributed by atoms with van der Waals surface area (Å²) in [7, 11) is 0. The highest BCUT2D eigenvalue weighted by Gasteiger charge is 2.52. The van der Waals surface area contributed by atoms with Gasteiger partial charge in [-0.1, -0.05) is 24.3 Å². The van der Waals surface area contributed by atoms with E-state index in [-0.39, 0.29) is 6.61 Å². The van der Waals surface area contributed by atoms with Gasteiger partial charge in [0.15, 0.2) is 12.2 Å². The van der Waals surface area contributed by atoms with Crippen LogP contribution >= 0.6 is 0 Å². The van der Waals surface area contributed by atoms with Crippen LogP contribution in [0.4, 0.5) is 5.69 Å². The number of nitrogens with two attached hydrogens (primary N) is 1. The van der Waals surface area contributed by atoms with Crippen molar-refractivity contribution in [2.75, 3.05) is 12.3 Å². The number of carbonyl (C=O) groups excluding carboxylic acids is 4. The monoisotopic (exact) mass is 528 g/mol. The molecule has 3 unspecified atom stereocenters. The Morgan fingerprint density at radius 3 is 2.18 bits per heavy atom. The smallest absolute Gasteiger partial charge is 0.303 e. The molecule has 1 saturated heterocycles. The first-order valence-corrected chi connectivity index (χ1v) is 12.0. The van der Waals surface area contributed by atoms with Crippen LogP contribution in [0.3, 0.4) is 0 Å². The molecule has 0 spiro atoms. The lowest BCUT2D eigenvalue weighted by atomic mass is 9.95. The number of nitrogens with one attached hydrogen (secondary N) is 1. The summed E-state index contributed by atoms with van der Waals surface area (Å²) in [6, 6.07) is 11.6. The topological polar surface area (TPSA) is 152 Å². The van der Waals surface area contributed by atoms with E-state index in [1.54, 1.807) is 24.3 Å². The summed E-state index contributed by atoms with van der Waals surface area (Å²) in [4.78, 5) is 47.8. The lowest BCUT2D eigenvalue weighted by molar-refractivity contribution is -0.257. The van der Waals surface area contributed by atoms with Gasteiger partial charge in [-0.15, -0.1) is 0 Å². The molecule has 1 fully saturated rings. The lowest BCUT2D eigenvalue weighted by Gasteiger charge is -2.45. The fourth-order valence-corrected chi connectivity index (χ4v) is 4.32. The average molecular weight is 529 g/mol. The van der Waals surface area contributed by atoms with Crippen molar-refractivity contribution in [2.24, 2.45) is 0 Å². The summed E-state index contributed by atoms with van der Waals surface area (Å²) in [5, 5.41) is 2.69. The Kier molecular flexibility index (Phi) is 9.30. The minimum Gasteiger partial charge on any atom is -0.463 e. The number of hydrogen-bond donors (Lipinski definition) is 2. The van der Waals surface area contributed by atoms with Crippen molar-refractivity contribution in [3.05, 3.63) is 48.0 Å². The van der Waals surface area contributed by atoms with Gasteiger partial charge in [0.25, 0.3) is 0 Å². The van der Waals surface area contributed by atoms with Gasteiger partial charge in [-0.25, -0.2) is 0 Å². The summed E-state index contributed by atoms with van der Waals surface area (Å²) in [6.45, 7) is 6.42. The second-order valence-electron chi connectivity index (χ2n) is 8.91. The number of ether oxygens (including phenoxy) is 5. The van der Waals surface area contributed by atoms with Crippen molar-refractivity contribution >= 4 is 29.5 Å². The first kappa shape index (κ1) is 28.5. The molecule has 2 aromatic carbocycles. The van der Waals surface area contributed by atoms with Gasteiger partial charge in [-0.05, 0) is 36.2 Å². The number of nitrogen functional groups attached to an aromatic ring is 1. The van der Waals surface area contributed by atoms with Crippen LogP contribution in [-0.4, -0.2) is 61.1 Å². The highest BCUT2D eigenvalue weighted by atomic mass is 16.7. The molecule has 1 aliphatic rings. The van der Waals surface area contributed by atoms with E-state index in [0.29, 0.717) is 11.4 Å². The normalized spacial score (nSPS) is 22.6. The van der Waals surface area contributed by atoms with Gasteiger partial charge in [0.05, 0.1) is 0 Å². The largest absolute Gasteiger partial charge is 0.463 e. The Balaban J connectivity index is 2.09. The number of benzene rings is 2. The maximum Gasteiger partial charge on any atom is 0.303 e. The van der Waals surface area contributed by atoms with Crippen LogP contribution in [0.25, 0.3) is 11.1 Å². The molecule has 11 nitrogen and oxygen atoms in total. The van der Waals surface area contributed by atoms with Crippen LogP contribution in [0.5, 0.6) is 5.75 Å². The van der Waals surface area contributed by atoms with Gasteiger partial charge in [0, 0.05) is 38.9 Å². The molecule has 2 aromatic rings. The SMILES string of the molecule is CC(=O)NC1C(OC(C)=O)[C@@H](OC(C)=O)C(COC(C)=O)O[C@H]1Oc1cccc(C)c1-c1cccc(N)c1. The Labute approximate surface area is 220 Å². The van der Waals surface area contributed by atoms with Gasteiger partial charge < -0.3 is 34.7 Å². The van der Waals surface area contributed by atoms with Gasteiger partial charge >= 0.3 is 17.9 Å². The third-order valence-corrected chi connectivity index (χ3v) is 5.72. The Morgan fingerprint density at radius 1 is 0.921 bits per heavy atom. The van der Waals surface area contributed by atoms with Crippen LogP contribution in [0.2, 0.25) is 0 Å². The standard InChI is InChI=1S/C27H32N2O9/c1-14-8-6-11-21(23(14)19-9-7-10-20(28)12-19)37-27-24(29-15(2)30)26(36-18(5)33)25(35-17(4)32)22(38-27)13-34-16(3)31/h6-12,22,24-27H,13,28H2,1-5H3,(H,29,30)/t22?,24?,25-,26?,27+/m0/s1. The number of aryl methyl sites for hydroxylation is 1. The number of amides is 1. The van der Waals surface area contributed by atoms with Crippen molar-refractivity contribution in [2.45, 2.75) is 65.3 Å². The van der Waals surface area contributed by atoms with E-state index in [9.17, 15) is 19.2 Å². The molecule has 3 rings (SSSR count). The molecule has 0 bridgehead atoms. The molecule has 0 saturated carbocycles. The van der Waals surface area contributed by atoms with Crippen LogP contribution in [0.15, 0.2) is 42.5 Å². The van der Waals surface area contributed by atoms with E-state index >= 15 is 0 Å². The van der Waals surface area contributed by atoms with Crippen molar-refractivity contribution < 1.29 is 42.9 Å². The highest BCUT2D eigenvalue weighted by Crippen LogP contribution is 2.37. The summed E-state index contributed by atoms with van der Waals surface area (Å²) < 4.78 is 28.5. The lowest BCUT2D eigenvalue weighted by Crippen LogP contribution is -2.67. The fourth-order valence-electron chi connectivity index (χ4n) is 4.32. The molecule has 1 aliphatic heterocycles. The number of hydrogen-bond acceptors (Lipinski definition) is 10. The first-order valence-electron chi connectivity index (χ1n) is 12.0. The molecule has 1 heterocycles. The van der Waals surface area contributed by atoms with Gasteiger partial charge in [0.2, 0.25) is 12.2 Å². The molecule has 1 amide bonds. The fraction of sp³-hybridized carbons (Fsp3) is 0.407. The molecular weight excluding hydrogens is 496 g/mol. The Bertz CT molecular complexity index is 1200. The van der Waals surface area contributed by atoms with Crippen molar-refractivity contribution in [1.82, 2.24) is 5.32 Å². The van der Waals surface area contributed by atoms with Crippen LogP contribution in [-0.2, 0) is 38.1 Å². The van der Waals surface area contributed by atoms with Crippen LogP contribution in [0, 0.1) is 6.92 Å². The number of rotatable bonds is 8. The number of carbonyl (C=O) groups is 4. The second-order valence-corrected chi connectivity index (χ2v) is 8.91. The highest BCUT2D eigenvalue weighted by molar-refractivity contribution is 5.76. The third-order valence-electron chi connectivity index (χ3n) is 5.72. The predicted molar refractivity (Wildman–Crippen MR) is 136 cm³/mol. The molecular formula is C27H32N2O9. The van der Waals surface area contributed by atoms with Gasteiger partial charge in [0.1, 0.15) is 24.5 Å². The van der Waals surface area contributed by atoms with Crippen molar-refractivity contribution in [3.63, 3.8) is 0 Å². The van der Waals surface area contributed by atoms with E-state index in [0.717, 1.165) is 16.7 Å². The number of esters is 3. The van der Waals surface area contributed by atoms with E-state index < -0.39 is 54.5 Å². The van der Waals surface area contributed by atoms with Crippen molar-refractivity contribution in [3.8, 4) is 16.9 Å². The van der Waals surface area contributed by atoms with Gasteiger partial charge in [-0.3, -0.25) is 19.2 Å². The molecule has 38 heavy (non-hydrogen) atoms. The van der Waals surface area contributed by atoms with Gasteiger partial charge in [-0.2, -0.15) is 0 Å². The molecule has 3 N–H and O–H groups in total. The molecule has 5 atom stereocenters. The summed E-state index contributed by atoms with van der Waals surface area (Å²) in [5.74, 6) is -2.04. The quantitative estimate of drug-likeness (QED) is 0.296. The van der Waals surface area contributed by atoms with E-state index in [4.69, 9.17) is 29.4 Å². The van der Waals surface area contributed by atoms with E-state index in [1.807, 2.05) is 25.1 Å². The molecule has 11 heteroatoms. The molecule has 0 aromatic heterocycles. The maximum absolute atomic E-state index is 12.2. The number of anilines is 1. The first-order chi connectivity index (χ1) is 18.0. The Morgan fingerprint density at radius 2 is 1.58 bits per heavy atom. The zero-order valence-corrected chi connectivity index (χ0v) is 21.9. The van der Waals surface area contributed by atoms with Crippen LogP contribution < -0.4 is 15.8 Å². The zero-order chi connectivity index (χ0) is 28.0. The van der Waals surface area contributed by atoms with E-state index in [2.05, 4.69) is 5.32 Å². The summed E-state index contributed by atoms with van der Waals surface area (Å²) >= 11 is 0.